The molecule has 0 heterocycles. The third-order valence-corrected chi connectivity index (χ3v) is 1.58. The predicted molar refractivity (Wildman–Crippen MR) is 36.7 cm³/mol. The molecule has 9 heavy (non-hydrogen) atoms. The van der Waals surface area contributed by atoms with Crippen LogP contribution in [0.5, 0.6) is 0 Å². The molecule has 0 aliphatic carbocycles. The van der Waals surface area contributed by atoms with E-state index in [-0.39, 0.29) is 0 Å². The summed E-state index contributed by atoms with van der Waals surface area (Å²) in [4.78, 5) is 9.96. The highest BCUT2D eigenvalue weighted by Crippen LogP contribution is 1.97. The molecule has 0 aromatic heterocycles. The van der Waals surface area contributed by atoms with Crippen LogP contribution >= 0.6 is 11.8 Å². The van der Waals surface area contributed by atoms with Crippen LogP contribution in [0.3, 0.4) is 0 Å². The number of hydrogen-bond acceptors (Lipinski definition) is 3. The second-order valence-corrected chi connectivity index (χ2v) is 2.69. The summed E-state index contributed by atoms with van der Waals surface area (Å²) in [5.74, 6) is -0.390. The van der Waals surface area contributed by atoms with Gasteiger partial charge in [0.1, 0.15) is 6.04 Å². The summed E-state index contributed by atoms with van der Waals surface area (Å²) in [5.41, 5.74) is 5.13. The second kappa shape index (κ2) is 4.64. The number of carbonyl (C=O) groups excluding carboxylic acids is 1. The molecule has 53 valence electrons. The van der Waals surface area contributed by atoms with Gasteiger partial charge in [0.15, 0.2) is 0 Å². The number of rotatable bonds is 4. The van der Waals surface area contributed by atoms with Crippen LogP contribution in [-0.4, -0.2) is 24.0 Å². The van der Waals surface area contributed by atoms with Crippen LogP contribution < -0.4 is 5.73 Å². The standard InChI is InChI=1S/C5H10NO2S/c1-9-3-2-4(6)5(7)8/h4H,2-3,6H2,1H3/t4-/m0/s1. The predicted octanol–water partition coefficient (Wildman–Crippen LogP) is 0.0239. The lowest BCUT2D eigenvalue weighted by molar-refractivity contribution is -0.144. The van der Waals surface area contributed by atoms with Crippen molar-refractivity contribution in [1.82, 2.24) is 0 Å². The topological polar surface area (TPSA) is 63.0 Å². The molecule has 1 atom stereocenters. The van der Waals surface area contributed by atoms with Gasteiger partial charge in [0.25, 0.3) is 0 Å². The van der Waals surface area contributed by atoms with Crippen molar-refractivity contribution in [2.75, 3.05) is 12.0 Å². The van der Waals surface area contributed by atoms with Gasteiger partial charge in [-0.2, -0.15) is 11.8 Å². The SMILES string of the molecule is CSCC[C@H](N)C([O])=O. The number of carbonyl (C=O) groups is 1. The highest BCUT2D eigenvalue weighted by atomic mass is 32.2. The molecule has 1 radical (unpaired) electrons. The van der Waals surface area contributed by atoms with Crippen molar-refractivity contribution in [3.8, 4) is 0 Å². The summed E-state index contributed by atoms with van der Waals surface area (Å²) >= 11 is 1.58. The number of hydrogen-bond donors (Lipinski definition) is 1. The zero-order valence-corrected chi connectivity index (χ0v) is 6.11. The monoisotopic (exact) mass is 148 g/mol. The van der Waals surface area contributed by atoms with Gasteiger partial charge >= 0.3 is 5.97 Å². The molecule has 0 aliphatic rings. The van der Waals surface area contributed by atoms with Gasteiger partial charge in [0.05, 0.1) is 0 Å². The van der Waals surface area contributed by atoms with Crippen LogP contribution in [0.2, 0.25) is 0 Å². The first kappa shape index (κ1) is 8.78. The second-order valence-electron chi connectivity index (χ2n) is 1.71. The largest absolute Gasteiger partial charge is 0.372 e. The maximum atomic E-state index is 9.96. The van der Waals surface area contributed by atoms with E-state index >= 15 is 0 Å². The third kappa shape index (κ3) is 4.29. The lowest BCUT2D eigenvalue weighted by atomic mass is 10.2. The minimum absolute atomic E-state index is 0.490. The molecule has 0 saturated heterocycles. The summed E-state index contributed by atoms with van der Waals surface area (Å²) in [6, 6.07) is -0.794. The van der Waals surface area contributed by atoms with Gasteiger partial charge in [-0.25, -0.2) is 9.90 Å². The summed E-state index contributed by atoms with van der Waals surface area (Å²) in [6.07, 6.45) is 2.39. The number of thioether (sulfide) groups is 1. The van der Waals surface area contributed by atoms with Crippen LogP contribution in [0.4, 0.5) is 0 Å². The summed E-state index contributed by atoms with van der Waals surface area (Å²) in [6.45, 7) is 0. The summed E-state index contributed by atoms with van der Waals surface area (Å²) in [5, 5.41) is 9.96. The fourth-order valence-corrected chi connectivity index (χ4v) is 0.852. The van der Waals surface area contributed by atoms with Gasteiger partial charge in [-0.15, -0.1) is 0 Å². The molecule has 0 aliphatic heterocycles. The Kier molecular flexibility index (Phi) is 4.53. The fraction of sp³-hybridized carbons (Fsp3) is 0.800. The van der Waals surface area contributed by atoms with Crippen LogP contribution in [0.1, 0.15) is 6.42 Å². The Balaban J connectivity index is 3.27. The molecule has 0 saturated carbocycles. The zero-order valence-electron chi connectivity index (χ0n) is 5.29. The molecule has 4 heteroatoms. The van der Waals surface area contributed by atoms with E-state index < -0.39 is 12.0 Å². The Bertz CT molecular complexity index is 97.0. The van der Waals surface area contributed by atoms with Crippen molar-refractivity contribution >= 4 is 17.7 Å². The van der Waals surface area contributed by atoms with E-state index in [0.717, 1.165) is 5.75 Å². The number of nitrogens with two attached hydrogens (primary N) is 1. The Morgan fingerprint density at radius 3 is 2.67 bits per heavy atom. The minimum atomic E-state index is -1.16. The van der Waals surface area contributed by atoms with Crippen LogP contribution in [0.25, 0.3) is 0 Å². The first-order chi connectivity index (χ1) is 4.18. The molecule has 0 spiro atoms. The van der Waals surface area contributed by atoms with Gasteiger partial charge in [0, 0.05) is 0 Å². The van der Waals surface area contributed by atoms with E-state index in [0.29, 0.717) is 6.42 Å². The smallest absolute Gasteiger partial charge is 0.318 e. The average Bonchev–Trinajstić information content (AvgIpc) is 1.82. The van der Waals surface area contributed by atoms with E-state index in [1.165, 1.54) is 0 Å². The first-order valence-electron chi connectivity index (χ1n) is 2.64. The van der Waals surface area contributed by atoms with Crippen LogP contribution in [-0.2, 0) is 9.90 Å². The van der Waals surface area contributed by atoms with Crippen molar-refractivity contribution in [2.24, 2.45) is 5.73 Å². The maximum absolute atomic E-state index is 9.96. The van der Waals surface area contributed by atoms with E-state index in [4.69, 9.17) is 5.73 Å². The zero-order chi connectivity index (χ0) is 7.28. The lowest BCUT2D eigenvalue weighted by Gasteiger charge is -2.00. The highest BCUT2D eigenvalue weighted by Gasteiger charge is 2.11. The molecule has 0 aromatic rings. The molecule has 2 N–H and O–H groups in total. The molecular weight excluding hydrogens is 138 g/mol. The van der Waals surface area contributed by atoms with Crippen molar-refractivity contribution in [3.63, 3.8) is 0 Å². The van der Waals surface area contributed by atoms with E-state index in [1.54, 1.807) is 11.8 Å². The van der Waals surface area contributed by atoms with Gasteiger partial charge in [-0.3, -0.25) is 0 Å². The van der Waals surface area contributed by atoms with Gasteiger partial charge in [-0.1, -0.05) is 0 Å². The Hall–Kier alpha value is -0.220. The van der Waals surface area contributed by atoms with E-state index in [1.807, 2.05) is 6.26 Å². The Morgan fingerprint density at radius 2 is 2.33 bits per heavy atom. The lowest BCUT2D eigenvalue weighted by Crippen LogP contribution is -2.29. The Morgan fingerprint density at radius 1 is 1.78 bits per heavy atom. The minimum Gasteiger partial charge on any atom is -0.318 e. The van der Waals surface area contributed by atoms with Crippen molar-refractivity contribution in [1.29, 1.82) is 0 Å². The van der Waals surface area contributed by atoms with Crippen molar-refractivity contribution in [2.45, 2.75) is 12.5 Å². The average molecular weight is 148 g/mol. The molecule has 3 nitrogen and oxygen atoms in total. The quantitative estimate of drug-likeness (QED) is 0.611. The van der Waals surface area contributed by atoms with E-state index in [9.17, 15) is 9.90 Å². The molecule has 0 rings (SSSR count). The fourth-order valence-electron chi connectivity index (χ4n) is 0.363. The van der Waals surface area contributed by atoms with Gasteiger partial charge < -0.3 is 5.73 Å². The summed E-state index contributed by atoms with van der Waals surface area (Å²) in [7, 11) is 0. The molecule has 0 amide bonds. The molecule has 0 aromatic carbocycles. The van der Waals surface area contributed by atoms with Crippen molar-refractivity contribution < 1.29 is 9.90 Å². The normalized spacial score (nSPS) is 13.1. The molecule has 0 bridgehead atoms. The molecule has 0 unspecified atom stereocenters. The third-order valence-electron chi connectivity index (χ3n) is 0.936. The highest BCUT2D eigenvalue weighted by molar-refractivity contribution is 7.98. The van der Waals surface area contributed by atoms with Gasteiger partial charge in [-0.05, 0) is 18.4 Å². The van der Waals surface area contributed by atoms with Gasteiger partial charge in [0.2, 0.25) is 0 Å². The first-order valence-corrected chi connectivity index (χ1v) is 4.03. The molecule has 0 fully saturated rings. The van der Waals surface area contributed by atoms with E-state index in [2.05, 4.69) is 0 Å². The Labute approximate surface area is 58.6 Å². The maximum Gasteiger partial charge on any atom is 0.372 e. The molecular formula is C5H10NO2S. The summed E-state index contributed by atoms with van der Waals surface area (Å²) < 4.78 is 0. The van der Waals surface area contributed by atoms with Crippen molar-refractivity contribution in [3.05, 3.63) is 0 Å². The van der Waals surface area contributed by atoms with Crippen LogP contribution in [0.15, 0.2) is 0 Å². The van der Waals surface area contributed by atoms with Crippen LogP contribution in [0, 0.1) is 0 Å².